The number of hydrogen-bond acceptors (Lipinski definition) is 1. The summed E-state index contributed by atoms with van der Waals surface area (Å²) >= 11 is 0. The molecule has 1 saturated carbocycles. The third-order valence-electron chi connectivity index (χ3n) is 4.40. The summed E-state index contributed by atoms with van der Waals surface area (Å²) in [5, 5.41) is 3.79. The van der Waals surface area contributed by atoms with Gasteiger partial charge in [0.15, 0.2) is 0 Å². The van der Waals surface area contributed by atoms with Crippen LogP contribution in [0.5, 0.6) is 0 Å². The molecule has 0 spiro atoms. The zero-order valence-corrected chi connectivity index (χ0v) is 11.9. The second-order valence-electron chi connectivity index (χ2n) is 7.07. The zero-order chi connectivity index (χ0) is 12.3. The lowest BCUT2D eigenvalue weighted by Crippen LogP contribution is -2.40. The van der Waals surface area contributed by atoms with Crippen LogP contribution in [0.1, 0.15) is 65.7 Å². The van der Waals surface area contributed by atoms with E-state index in [1.54, 1.807) is 5.57 Å². The molecular formula is C16H29N. The van der Waals surface area contributed by atoms with Crippen molar-refractivity contribution in [3.63, 3.8) is 0 Å². The minimum atomic E-state index is 0.544. The average molecular weight is 235 g/mol. The number of nitrogens with one attached hydrogen (secondary N) is 1. The maximum atomic E-state index is 3.79. The van der Waals surface area contributed by atoms with E-state index in [-0.39, 0.29) is 0 Å². The Morgan fingerprint density at radius 1 is 1.35 bits per heavy atom. The molecule has 1 heteroatoms. The third-order valence-corrected chi connectivity index (χ3v) is 4.40. The van der Waals surface area contributed by atoms with Crippen LogP contribution < -0.4 is 5.32 Å². The van der Waals surface area contributed by atoms with Crippen LogP contribution in [0, 0.1) is 11.3 Å². The first-order valence-corrected chi connectivity index (χ1v) is 7.46. The van der Waals surface area contributed by atoms with Gasteiger partial charge in [0.2, 0.25) is 0 Å². The molecule has 98 valence electrons. The Labute approximate surface area is 107 Å². The van der Waals surface area contributed by atoms with Gasteiger partial charge >= 0.3 is 0 Å². The van der Waals surface area contributed by atoms with Crippen molar-refractivity contribution in [3.05, 3.63) is 11.6 Å². The first kappa shape index (κ1) is 13.1. The van der Waals surface area contributed by atoms with E-state index >= 15 is 0 Å². The summed E-state index contributed by atoms with van der Waals surface area (Å²) in [6, 6.07) is 0.760. The molecule has 1 fully saturated rings. The predicted octanol–water partition coefficient (Wildman–Crippen LogP) is 4.29. The van der Waals surface area contributed by atoms with Crippen molar-refractivity contribution in [1.82, 2.24) is 5.32 Å². The normalized spacial score (nSPS) is 32.5. The van der Waals surface area contributed by atoms with Crippen LogP contribution in [0.15, 0.2) is 11.6 Å². The van der Waals surface area contributed by atoms with Crippen molar-refractivity contribution >= 4 is 0 Å². The van der Waals surface area contributed by atoms with Crippen LogP contribution >= 0.6 is 0 Å². The fraction of sp³-hybridized carbons (Fsp3) is 0.875. The van der Waals surface area contributed by atoms with Crippen LogP contribution in [0.25, 0.3) is 0 Å². The predicted molar refractivity (Wildman–Crippen MR) is 75.1 cm³/mol. The highest BCUT2D eigenvalue weighted by atomic mass is 14.9. The Morgan fingerprint density at radius 3 is 2.82 bits per heavy atom. The van der Waals surface area contributed by atoms with Crippen molar-refractivity contribution in [2.45, 2.75) is 71.8 Å². The molecule has 0 aromatic carbocycles. The Balaban J connectivity index is 1.71. The molecular weight excluding hydrogens is 206 g/mol. The molecule has 0 aromatic heterocycles. The molecule has 2 unspecified atom stereocenters. The summed E-state index contributed by atoms with van der Waals surface area (Å²) < 4.78 is 0. The highest BCUT2D eigenvalue weighted by Gasteiger charge is 2.31. The maximum Gasteiger partial charge on any atom is 0.00748 e. The first-order valence-electron chi connectivity index (χ1n) is 7.46. The molecule has 2 aliphatic carbocycles. The quantitative estimate of drug-likeness (QED) is 0.717. The Bertz CT molecular complexity index is 277. The van der Waals surface area contributed by atoms with Crippen LogP contribution in [-0.4, -0.2) is 12.6 Å². The Kier molecular flexibility index (Phi) is 4.30. The van der Waals surface area contributed by atoms with Gasteiger partial charge in [0.1, 0.15) is 0 Å². The molecule has 0 saturated heterocycles. The first-order chi connectivity index (χ1) is 8.05. The van der Waals surface area contributed by atoms with E-state index in [0.717, 1.165) is 12.0 Å². The Hall–Kier alpha value is -0.300. The van der Waals surface area contributed by atoms with E-state index in [1.807, 2.05) is 0 Å². The molecule has 2 aliphatic rings. The largest absolute Gasteiger partial charge is 0.314 e. The molecule has 2 rings (SSSR count). The van der Waals surface area contributed by atoms with Crippen LogP contribution in [0.2, 0.25) is 0 Å². The lowest BCUT2D eigenvalue weighted by atomic mass is 9.70. The smallest absolute Gasteiger partial charge is 0.00748 e. The third kappa shape index (κ3) is 4.13. The fourth-order valence-electron chi connectivity index (χ4n) is 3.90. The van der Waals surface area contributed by atoms with Gasteiger partial charge in [-0.05, 0) is 62.8 Å². The number of rotatable bonds is 4. The Morgan fingerprint density at radius 2 is 2.18 bits per heavy atom. The molecule has 2 atom stereocenters. The second kappa shape index (κ2) is 5.56. The summed E-state index contributed by atoms with van der Waals surface area (Å²) in [5.74, 6) is 0.891. The van der Waals surface area contributed by atoms with E-state index in [9.17, 15) is 0 Å². The summed E-state index contributed by atoms with van der Waals surface area (Å²) in [4.78, 5) is 0. The summed E-state index contributed by atoms with van der Waals surface area (Å²) in [5.41, 5.74) is 2.24. The van der Waals surface area contributed by atoms with Gasteiger partial charge in [0.05, 0.1) is 0 Å². The monoisotopic (exact) mass is 235 g/mol. The van der Waals surface area contributed by atoms with E-state index in [0.29, 0.717) is 5.41 Å². The molecule has 0 amide bonds. The van der Waals surface area contributed by atoms with Gasteiger partial charge in [0, 0.05) is 6.04 Å². The molecule has 0 bridgehead atoms. The molecule has 1 nitrogen and oxygen atoms in total. The van der Waals surface area contributed by atoms with E-state index in [1.165, 1.54) is 51.5 Å². The van der Waals surface area contributed by atoms with Crippen molar-refractivity contribution < 1.29 is 0 Å². The number of allylic oxidation sites excluding steroid dienone is 1. The molecule has 1 N–H and O–H groups in total. The van der Waals surface area contributed by atoms with Gasteiger partial charge in [-0.1, -0.05) is 32.4 Å². The molecule has 0 aromatic rings. The second-order valence-corrected chi connectivity index (χ2v) is 7.07. The van der Waals surface area contributed by atoms with Crippen LogP contribution in [-0.2, 0) is 0 Å². The van der Waals surface area contributed by atoms with Gasteiger partial charge in [-0.15, -0.1) is 0 Å². The van der Waals surface area contributed by atoms with E-state index in [4.69, 9.17) is 0 Å². The van der Waals surface area contributed by atoms with E-state index in [2.05, 4.69) is 32.2 Å². The standard InChI is InChI=1S/C16H29N/c1-13-10-15(12-16(2,3)11-13)17-9-8-14-6-4-5-7-14/h6,13,15,17H,4-5,7-12H2,1-3H3. The molecule has 0 radical (unpaired) electrons. The summed E-state index contributed by atoms with van der Waals surface area (Å²) in [7, 11) is 0. The van der Waals surface area contributed by atoms with Gasteiger partial charge in [0.25, 0.3) is 0 Å². The van der Waals surface area contributed by atoms with Crippen molar-refractivity contribution in [1.29, 1.82) is 0 Å². The van der Waals surface area contributed by atoms with Gasteiger partial charge < -0.3 is 5.32 Å². The van der Waals surface area contributed by atoms with Gasteiger partial charge in [-0.2, -0.15) is 0 Å². The lowest BCUT2D eigenvalue weighted by molar-refractivity contribution is 0.152. The number of hydrogen-bond donors (Lipinski definition) is 1. The minimum absolute atomic E-state index is 0.544. The van der Waals surface area contributed by atoms with Crippen molar-refractivity contribution in [2.75, 3.05) is 6.54 Å². The topological polar surface area (TPSA) is 12.0 Å². The minimum Gasteiger partial charge on any atom is -0.314 e. The highest BCUT2D eigenvalue weighted by Crippen LogP contribution is 2.38. The fourth-order valence-corrected chi connectivity index (χ4v) is 3.90. The van der Waals surface area contributed by atoms with Crippen molar-refractivity contribution in [3.8, 4) is 0 Å². The van der Waals surface area contributed by atoms with Crippen molar-refractivity contribution in [2.24, 2.45) is 11.3 Å². The van der Waals surface area contributed by atoms with E-state index < -0.39 is 0 Å². The maximum absolute atomic E-state index is 3.79. The summed E-state index contributed by atoms with van der Waals surface area (Å²) in [6.45, 7) is 8.46. The zero-order valence-electron chi connectivity index (χ0n) is 11.9. The van der Waals surface area contributed by atoms with Gasteiger partial charge in [-0.25, -0.2) is 0 Å². The highest BCUT2D eigenvalue weighted by molar-refractivity contribution is 5.07. The SMILES string of the molecule is CC1CC(NCCC2=CCCC2)CC(C)(C)C1. The van der Waals surface area contributed by atoms with Crippen LogP contribution in [0.4, 0.5) is 0 Å². The average Bonchev–Trinajstić information content (AvgIpc) is 2.67. The lowest BCUT2D eigenvalue weighted by Gasteiger charge is -2.39. The summed E-state index contributed by atoms with van der Waals surface area (Å²) in [6.07, 6.45) is 11.9. The van der Waals surface area contributed by atoms with Gasteiger partial charge in [-0.3, -0.25) is 0 Å². The molecule has 0 aliphatic heterocycles. The molecule has 0 heterocycles. The molecule has 17 heavy (non-hydrogen) atoms. The van der Waals surface area contributed by atoms with Crippen LogP contribution in [0.3, 0.4) is 0 Å².